The second kappa shape index (κ2) is 11.9. The average molecular weight is 514 g/mol. The third-order valence-corrected chi connectivity index (χ3v) is 5.90. The van der Waals surface area contributed by atoms with E-state index in [0.717, 1.165) is 25.2 Å². The summed E-state index contributed by atoms with van der Waals surface area (Å²) in [4.78, 5) is 23.1. The molecule has 0 saturated carbocycles. The maximum Gasteiger partial charge on any atom is 0.490 e. The zero-order valence-corrected chi connectivity index (χ0v) is 21.0. The molecule has 2 N–H and O–H groups in total. The van der Waals surface area contributed by atoms with Crippen LogP contribution in [0.2, 0.25) is 0 Å². The van der Waals surface area contributed by atoms with Crippen LogP contribution in [0.3, 0.4) is 0 Å². The summed E-state index contributed by atoms with van der Waals surface area (Å²) in [5, 5.41) is 21.9. The van der Waals surface area contributed by atoms with Gasteiger partial charge < -0.3 is 14.9 Å². The Morgan fingerprint density at radius 3 is 2.22 bits per heavy atom. The van der Waals surface area contributed by atoms with Crippen LogP contribution in [0.1, 0.15) is 50.4 Å². The molecule has 0 amide bonds. The molecular formula is C25H34F3N3O5. The lowest BCUT2D eigenvalue weighted by atomic mass is 9.80. The number of ether oxygens (including phenoxy) is 1. The standard InChI is InChI=1S/C23H33N3O3.C2HF3O2/c1-22(2,3)20-19(15-26(24-20)13-18-9-6-5-7-10-18)14-25-12-8-11-23(16-25,17-29-4)21(27)28;3-2(4,5)1(6)7/h5-7,9-10,15H,8,11-14,16-17H2,1-4H3,(H,27,28);(H,6,7). The van der Waals surface area contributed by atoms with Crippen molar-refractivity contribution in [1.29, 1.82) is 0 Å². The number of hydrogen-bond donors (Lipinski definition) is 2. The third kappa shape index (κ3) is 8.06. The van der Waals surface area contributed by atoms with Crippen molar-refractivity contribution >= 4 is 11.9 Å². The normalized spacial score (nSPS) is 18.9. The minimum Gasteiger partial charge on any atom is -0.481 e. The number of halogens is 3. The van der Waals surface area contributed by atoms with Crippen molar-refractivity contribution in [3.8, 4) is 0 Å². The minimum atomic E-state index is -5.08. The van der Waals surface area contributed by atoms with Gasteiger partial charge in [0.15, 0.2) is 0 Å². The number of carboxylic acid groups (broad SMARTS) is 2. The zero-order valence-electron chi connectivity index (χ0n) is 21.0. The van der Waals surface area contributed by atoms with E-state index in [1.54, 1.807) is 7.11 Å². The molecule has 1 saturated heterocycles. The summed E-state index contributed by atoms with van der Waals surface area (Å²) in [5.41, 5.74) is 2.56. The summed E-state index contributed by atoms with van der Waals surface area (Å²) >= 11 is 0. The van der Waals surface area contributed by atoms with E-state index in [-0.39, 0.29) is 12.0 Å². The molecule has 200 valence electrons. The number of hydrogen-bond acceptors (Lipinski definition) is 5. The maximum absolute atomic E-state index is 12.0. The Bertz CT molecular complexity index is 1010. The monoisotopic (exact) mass is 513 g/mol. The Hall–Kier alpha value is -2.92. The number of carbonyl (C=O) groups is 2. The third-order valence-electron chi connectivity index (χ3n) is 5.90. The molecule has 1 aliphatic rings. The number of benzene rings is 1. The van der Waals surface area contributed by atoms with Gasteiger partial charge in [-0.15, -0.1) is 0 Å². The van der Waals surface area contributed by atoms with Crippen LogP contribution in [0.4, 0.5) is 13.2 Å². The van der Waals surface area contributed by atoms with Crippen molar-refractivity contribution in [1.82, 2.24) is 14.7 Å². The highest BCUT2D eigenvalue weighted by atomic mass is 19.4. The molecule has 1 unspecified atom stereocenters. The minimum absolute atomic E-state index is 0.0799. The van der Waals surface area contributed by atoms with Crippen LogP contribution in [0.15, 0.2) is 36.5 Å². The molecule has 36 heavy (non-hydrogen) atoms. The Balaban J connectivity index is 0.000000572. The molecule has 1 aromatic heterocycles. The molecular weight excluding hydrogens is 479 g/mol. The van der Waals surface area contributed by atoms with Gasteiger partial charge in [0.1, 0.15) is 5.41 Å². The number of nitrogens with zero attached hydrogens (tertiary/aromatic N) is 3. The summed E-state index contributed by atoms with van der Waals surface area (Å²) in [5.74, 6) is -3.52. The van der Waals surface area contributed by atoms with E-state index in [9.17, 15) is 23.1 Å². The first-order chi connectivity index (χ1) is 16.7. The predicted molar refractivity (Wildman–Crippen MR) is 127 cm³/mol. The number of aromatic nitrogens is 2. The first-order valence-corrected chi connectivity index (χ1v) is 11.5. The van der Waals surface area contributed by atoms with Crippen LogP contribution in [-0.4, -0.2) is 69.8 Å². The second-order valence-corrected chi connectivity index (χ2v) is 10.1. The van der Waals surface area contributed by atoms with E-state index in [2.05, 4.69) is 44.0 Å². The topological polar surface area (TPSA) is 105 Å². The number of methoxy groups -OCH3 is 1. The van der Waals surface area contributed by atoms with Crippen molar-refractivity contribution in [2.45, 2.75) is 58.3 Å². The van der Waals surface area contributed by atoms with Crippen molar-refractivity contribution < 1.29 is 37.7 Å². The van der Waals surface area contributed by atoms with Gasteiger partial charge in [-0.1, -0.05) is 51.1 Å². The van der Waals surface area contributed by atoms with E-state index in [4.69, 9.17) is 19.7 Å². The first-order valence-electron chi connectivity index (χ1n) is 11.5. The average Bonchev–Trinajstić information content (AvgIpc) is 3.17. The number of alkyl halides is 3. The molecule has 0 aliphatic carbocycles. The molecule has 2 aromatic rings. The smallest absolute Gasteiger partial charge is 0.481 e. The zero-order chi connectivity index (χ0) is 27.1. The van der Waals surface area contributed by atoms with Crippen LogP contribution >= 0.6 is 0 Å². The fourth-order valence-electron chi connectivity index (χ4n) is 4.29. The Morgan fingerprint density at radius 2 is 1.72 bits per heavy atom. The Labute approximate surface area is 208 Å². The number of aliphatic carboxylic acids is 2. The maximum atomic E-state index is 12.0. The lowest BCUT2D eigenvalue weighted by molar-refractivity contribution is -0.192. The highest BCUT2D eigenvalue weighted by Crippen LogP contribution is 2.33. The summed E-state index contributed by atoms with van der Waals surface area (Å²) in [6, 6.07) is 10.3. The molecule has 8 nitrogen and oxygen atoms in total. The molecule has 1 atom stereocenters. The molecule has 0 spiro atoms. The quantitative estimate of drug-likeness (QED) is 0.572. The van der Waals surface area contributed by atoms with Crippen molar-refractivity contribution in [3.05, 3.63) is 53.3 Å². The highest BCUT2D eigenvalue weighted by Gasteiger charge is 2.43. The molecule has 0 bridgehead atoms. The molecule has 2 heterocycles. The Kier molecular flexibility index (Phi) is 9.67. The predicted octanol–water partition coefficient (Wildman–Crippen LogP) is 4.18. The van der Waals surface area contributed by atoms with Gasteiger partial charge in [-0.3, -0.25) is 14.4 Å². The second-order valence-electron chi connectivity index (χ2n) is 10.1. The van der Waals surface area contributed by atoms with Gasteiger partial charge >= 0.3 is 18.1 Å². The van der Waals surface area contributed by atoms with Gasteiger partial charge in [-0.05, 0) is 24.9 Å². The fraction of sp³-hybridized carbons (Fsp3) is 0.560. The van der Waals surface area contributed by atoms with E-state index in [0.29, 0.717) is 19.5 Å². The van der Waals surface area contributed by atoms with Gasteiger partial charge in [0.25, 0.3) is 0 Å². The van der Waals surface area contributed by atoms with Crippen LogP contribution in [0, 0.1) is 5.41 Å². The van der Waals surface area contributed by atoms with Gasteiger partial charge in [0, 0.05) is 37.4 Å². The summed E-state index contributed by atoms with van der Waals surface area (Å²) in [6.07, 6.45) is -1.44. The van der Waals surface area contributed by atoms with Crippen molar-refractivity contribution in [2.75, 3.05) is 26.8 Å². The molecule has 0 radical (unpaired) electrons. The van der Waals surface area contributed by atoms with Gasteiger partial charge in [0.05, 0.1) is 18.8 Å². The van der Waals surface area contributed by atoms with Gasteiger partial charge in [-0.2, -0.15) is 18.3 Å². The number of carboxylic acids is 2. The van der Waals surface area contributed by atoms with Gasteiger partial charge in [0.2, 0.25) is 0 Å². The van der Waals surface area contributed by atoms with E-state index in [1.165, 1.54) is 11.1 Å². The Morgan fingerprint density at radius 1 is 1.11 bits per heavy atom. The van der Waals surface area contributed by atoms with Crippen molar-refractivity contribution in [3.63, 3.8) is 0 Å². The molecule has 1 aromatic carbocycles. The summed E-state index contributed by atoms with van der Waals surface area (Å²) in [7, 11) is 1.58. The lowest BCUT2D eigenvalue weighted by Gasteiger charge is -2.39. The summed E-state index contributed by atoms with van der Waals surface area (Å²) in [6.45, 7) is 9.61. The van der Waals surface area contributed by atoms with Gasteiger partial charge in [-0.25, -0.2) is 4.79 Å². The number of likely N-dealkylation sites (tertiary alicyclic amines) is 1. The first kappa shape index (κ1) is 29.3. The SMILES string of the molecule is COCC1(C(=O)O)CCCN(Cc2cn(Cc3ccccc3)nc2C(C)(C)C)C1.O=C(O)C(F)(F)F. The highest BCUT2D eigenvalue weighted by molar-refractivity contribution is 5.75. The lowest BCUT2D eigenvalue weighted by Crippen LogP contribution is -2.50. The number of rotatable bonds is 7. The summed E-state index contributed by atoms with van der Waals surface area (Å²) < 4.78 is 39.0. The fourth-order valence-corrected chi connectivity index (χ4v) is 4.29. The van der Waals surface area contributed by atoms with E-state index < -0.39 is 23.5 Å². The van der Waals surface area contributed by atoms with E-state index >= 15 is 0 Å². The van der Waals surface area contributed by atoms with Crippen LogP contribution < -0.4 is 0 Å². The molecule has 11 heteroatoms. The number of piperidine rings is 1. The van der Waals surface area contributed by atoms with Crippen LogP contribution in [0.5, 0.6) is 0 Å². The molecule has 3 rings (SSSR count). The van der Waals surface area contributed by atoms with Crippen LogP contribution in [-0.2, 0) is 32.8 Å². The molecule has 1 fully saturated rings. The van der Waals surface area contributed by atoms with Crippen molar-refractivity contribution in [2.24, 2.45) is 5.41 Å². The van der Waals surface area contributed by atoms with Crippen LogP contribution in [0.25, 0.3) is 0 Å². The van der Waals surface area contributed by atoms with E-state index in [1.807, 2.05) is 22.9 Å². The molecule has 1 aliphatic heterocycles. The largest absolute Gasteiger partial charge is 0.490 e.